The summed E-state index contributed by atoms with van der Waals surface area (Å²) in [6.45, 7) is 5.22. The Kier molecular flexibility index (Phi) is 7.25. The molecule has 0 saturated carbocycles. The first kappa shape index (κ1) is 16.1. The third-order valence-electron chi connectivity index (χ3n) is 2.68. The van der Waals surface area contributed by atoms with Crippen LogP contribution in [0.15, 0.2) is 24.3 Å². The molecule has 20 heavy (non-hydrogen) atoms. The third kappa shape index (κ3) is 5.78. The topological polar surface area (TPSA) is 58.6 Å². The molecule has 0 unspecified atom stereocenters. The van der Waals surface area contributed by atoms with Crippen LogP contribution in [0.3, 0.4) is 0 Å². The molecule has 0 radical (unpaired) electrons. The maximum absolute atomic E-state index is 10.4. The summed E-state index contributed by atoms with van der Waals surface area (Å²) in [5, 5.41) is 10.4. The molecule has 1 aromatic carbocycles. The van der Waals surface area contributed by atoms with Gasteiger partial charge in [0.2, 0.25) is 0 Å². The molecular weight excluding hydrogens is 256 g/mol. The van der Waals surface area contributed by atoms with Gasteiger partial charge >= 0.3 is 0 Å². The molecule has 0 fully saturated rings. The average molecular weight is 277 g/mol. The van der Waals surface area contributed by atoms with Gasteiger partial charge in [0.25, 0.3) is 0 Å². The summed E-state index contributed by atoms with van der Waals surface area (Å²) < 4.78 is 11.2. The van der Waals surface area contributed by atoms with Crippen LogP contribution in [0, 0.1) is 0 Å². The maximum Gasteiger partial charge on any atom is 0.161 e. The number of hydrogen-bond acceptors (Lipinski definition) is 4. The average Bonchev–Trinajstić information content (AvgIpc) is 2.43. The number of ether oxygens (including phenoxy) is 2. The zero-order valence-corrected chi connectivity index (χ0v) is 12.1. The number of aliphatic carboxylic acids is 1. The van der Waals surface area contributed by atoms with E-state index in [1.165, 1.54) is 6.08 Å². The van der Waals surface area contributed by atoms with Gasteiger partial charge in [-0.1, -0.05) is 31.9 Å². The van der Waals surface area contributed by atoms with E-state index >= 15 is 0 Å². The maximum atomic E-state index is 10.4. The minimum Gasteiger partial charge on any atom is -0.545 e. The van der Waals surface area contributed by atoms with Gasteiger partial charge in [-0.15, -0.1) is 0 Å². The Hall–Kier alpha value is -1.97. The lowest BCUT2D eigenvalue weighted by Gasteiger charge is -2.12. The number of carbonyl (C=O) groups excluding carboxylic acids is 1. The molecule has 4 heteroatoms. The number of carbonyl (C=O) groups is 1. The lowest BCUT2D eigenvalue weighted by atomic mass is 10.2. The number of carboxylic acid groups (broad SMARTS) is 1. The fourth-order valence-corrected chi connectivity index (χ4v) is 1.71. The predicted octanol–water partition coefficient (Wildman–Crippen LogP) is 2.42. The predicted molar refractivity (Wildman–Crippen MR) is 76.7 cm³/mol. The summed E-state index contributed by atoms with van der Waals surface area (Å²) in [6, 6.07) is 5.35. The van der Waals surface area contributed by atoms with Crippen LogP contribution in [-0.2, 0) is 4.79 Å². The molecule has 0 aliphatic rings. The van der Waals surface area contributed by atoms with Crippen LogP contribution >= 0.6 is 0 Å². The largest absolute Gasteiger partial charge is 0.545 e. The van der Waals surface area contributed by atoms with Crippen LogP contribution in [0.25, 0.3) is 6.08 Å². The van der Waals surface area contributed by atoms with Crippen molar-refractivity contribution in [1.29, 1.82) is 0 Å². The van der Waals surface area contributed by atoms with Crippen molar-refractivity contribution in [2.75, 3.05) is 13.2 Å². The van der Waals surface area contributed by atoms with Gasteiger partial charge in [0.05, 0.1) is 19.2 Å². The molecule has 4 nitrogen and oxygen atoms in total. The van der Waals surface area contributed by atoms with Crippen LogP contribution in [0.5, 0.6) is 11.5 Å². The second-order valence-electron chi connectivity index (χ2n) is 4.35. The van der Waals surface area contributed by atoms with E-state index in [4.69, 9.17) is 9.47 Å². The van der Waals surface area contributed by atoms with Gasteiger partial charge in [0.15, 0.2) is 11.5 Å². The van der Waals surface area contributed by atoms with E-state index < -0.39 is 5.97 Å². The van der Waals surface area contributed by atoms with E-state index in [1.54, 1.807) is 18.2 Å². The molecule has 0 bridgehead atoms. The number of rotatable bonds is 9. The minimum atomic E-state index is -1.22. The molecule has 0 atom stereocenters. The Morgan fingerprint density at radius 1 is 1.20 bits per heavy atom. The van der Waals surface area contributed by atoms with Gasteiger partial charge < -0.3 is 19.4 Å². The van der Waals surface area contributed by atoms with Crippen molar-refractivity contribution in [2.24, 2.45) is 0 Å². The fraction of sp³-hybridized carbons (Fsp3) is 0.438. The summed E-state index contributed by atoms with van der Waals surface area (Å²) in [5.74, 6) is 0.0981. The van der Waals surface area contributed by atoms with Gasteiger partial charge in [0, 0.05) is 0 Å². The van der Waals surface area contributed by atoms with E-state index in [9.17, 15) is 9.90 Å². The summed E-state index contributed by atoms with van der Waals surface area (Å²) >= 11 is 0. The number of carboxylic acids is 1. The van der Waals surface area contributed by atoms with Crippen LogP contribution < -0.4 is 14.6 Å². The lowest BCUT2D eigenvalue weighted by molar-refractivity contribution is -0.297. The van der Waals surface area contributed by atoms with Gasteiger partial charge in [-0.05, 0) is 37.1 Å². The monoisotopic (exact) mass is 277 g/mol. The first-order chi connectivity index (χ1) is 9.67. The van der Waals surface area contributed by atoms with Crippen LogP contribution in [-0.4, -0.2) is 19.2 Å². The van der Waals surface area contributed by atoms with Crippen molar-refractivity contribution in [3.8, 4) is 11.5 Å². The van der Waals surface area contributed by atoms with E-state index in [0.717, 1.165) is 30.9 Å². The molecule has 110 valence electrons. The molecule has 0 amide bonds. The highest BCUT2D eigenvalue weighted by Crippen LogP contribution is 2.29. The third-order valence-corrected chi connectivity index (χ3v) is 2.68. The molecule has 0 aliphatic carbocycles. The molecular formula is C16H21O4-. The van der Waals surface area contributed by atoms with Crippen molar-refractivity contribution in [3.63, 3.8) is 0 Å². The van der Waals surface area contributed by atoms with Crippen LogP contribution in [0.1, 0.15) is 38.7 Å². The molecule has 0 heterocycles. The highest BCUT2D eigenvalue weighted by atomic mass is 16.5. The number of hydrogen-bond donors (Lipinski definition) is 0. The van der Waals surface area contributed by atoms with E-state index in [2.05, 4.69) is 6.92 Å². The van der Waals surface area contributed by atoms with Crippen molar-refractivity contribution in [1.82, 2.24) is 0 Å². The summed E-state index contributed by atoms with van der Waals surface area (Å²) in [7, 11) is 0. The quantitative estimate of drug-likeness (QED) is 0.514. The summed E-state index contributed by atoms with van der Waals surface area (Å²) in [5.41, 5.74) is 0.735. The van der Waals surface area contributed by atoms with Crippen LogP contribution in [0.4, 0.5) is 0 Å². The van der Waals surface area contributed by atoms with Crippen molar-refractivity contribution in [3.05, 3.63) is 29.8 Å². The first-order valence-electron chi connectivity index (χ1n) is 6.96. The highest BCUT2D eigenvalue weighted by Gasteiger charge is 2.05. The first-order valence-corrected chi connectivity index (χ1v) is 6.96. The Labute approximate surface area is 120 Å². The van der Waals surface area contributed by atoms with Crippen molar-refractivity contribution < 1.29 is 19.4 Å². The highest BCUT2D eigenvalue weighted by molar-refractivity contribution is 5.83. The second-order valence-corrected chi connectivity index (χ2v) is 4.35. The lowest BCUT2D eigenvalue weighted by Crippen LogP contribution is -2.18. The van der Waals surface area contributed by atoms with Gasteiger partial charge in [-0.25, -0.2) is 0 Å². The Balaban J connectivity index is 2.76. The molecule has 0 N–H and O–H groups in total. The SMILES string of the molecule is CCCCCOc1ccc(/C=C/C(=O)[O-])cc1OCC. The van der Waals surface area contributed by atoms with Gasteiger partial charge in [-0.3, -0.25) is 0 Å². The number of unbranched alkanes of at least 4 members (excludes halogenated alkanes) is 2. The van der Waals surface area contributed by atoms with Crippen molar-refractivity contribution >= 4 is 12.0 Å². The Bertz CT molecular complexity index is 452. The standard InChI is InChI=1S/C16H22O4/c1-3-5-6-11-20-14-9-7-13(8-10-16(17)18)12-15(14)19-4-2/h7-10,12H,3-6,11H2,1-2H3,(H,17,18)/p-1/b10-8+. The fourth-order valence-electron chi connectivity index (χ4n) is 1.71. The molecule has 0 aromatic heterocycles. The molecule has 1 rings (SSSR count). The Morgan fingerprint density at radius 2 is 2.00 bits per heavy atom. The smallest absolute Gasteiger partial charge is 0.161 e. The van der Waals surface area contributed by atoms with E-state index in [1.807, 2.05) is 6.92 Å². The van der Waals surface area contributed by atoms with Gasteiger partial charge in [0.1, 0.15) is 0 Å². The Morgan fingerprint density at radius 3 is 2.65 bits per heavy atom. The zero-order chi connectivity index (χ0) is 14.8. The molecule has 1 aromatic rings. The number of benzene rings is 1. The van der Waals surface area contributed by atoms with Gasteiger partial charge in [-0.2, -0.15) is 0 Å². The van der Waals surface area contributed by atoms with Crippen LogP contribution in [0.2, 0.25) is 0 Å². The summed E-state index contributed by atoms with van der Waals surface area (Å²) in [6.07, 6.45) is 5.75. The second kappa shape index (κ2) is 9.02. The molecule has 0 saturated heterocycles. The summed E-state index contributed by atoms with van der Waals surface area (Å²) in [4.78, 5) is 10.4. The minimum absolute atomic E-state index is 0.527. The van der Waals surface area contributed by atoms with E-state index in [0.29, 0.717) is 24.7 Å². The van der Waals surface area contributed by atoms with Crippen molar-refractivity contribution in [2.45, 2.75) is 33.1 Å². The molecule has 0 aliphatic heterocycles. The zero-order valence-electron chi connectivity index (χ0n) is 12.1. The normalized spacial score (nSPS) is 10.7. The van der Waals surface area contributed by atoms with E-state index in [-0.39, 0.29) is 0 Å². The molecule has 0 spiro atoms.